The lowest BCUT2D eigenvalue weighted by atomic mass is 10.0. The van der Waals surface area contributed by atoms with Gasteiger partial charge < -0.3 is 9.47 Å². The van der Waals surface area contributed by atoms with E-state index in [1.165, 1.54) is 5.56 Å². The van der Waals surface area contributed by atoms with E-state index in [0.29, 0.717) is 12.5 Å². The molecule has 3 heteroatoms. The van der Waals surface area contributed by atoms with E-state index >= 15 is 0 Å². The maximum atomic E-state index is 5.73. The minimum Gasteiger partial charge on any atom is -0.496 e. The average Bonchev–Trinajstić information content (AvgIpc) is 2.60. The zero-order valence-corrected chi connectivity index (χ0v) is 13.3. The quantitative estimate of drug-likeness (QED) is 0.688. The van der Waals surface area contributed by atoms with Crippen molar-refractivity contribution in [1.82, 2.24) is 4.98 Å². The lowest BCUT2D eigenvalue weighted by Gasteiger charge is -2.12. The van der Waals surface area contributed by atoms with Gasteiger partial charge in [-0.15, -0.1) is 0 Å². The molecule has 1 aromatic heterocycles. The molecule has 3 nitrogen and oxygen atoms in total. The molecule has 0 aliphatic rings. The summed E-state index contributed by atoms with van der Waals surface area (Å²) in [4.78, 5) is 4.17. The van der Waals surface area contributed by atoms with E-state index < -0.39 is 0 Å². The van der Waals surface area contributed by atoms with Crippen molar-refractivity contribution in [3.63, 3.8) is 0 Å². The van der Waals surface area contributed by atoms with Crippen LogP contribution in [-0.2, 0) is 6.61 Å². The normalized spacial score (nSPS) is 10.3. The molecule has 116 valence electrons. The second kappa shape index (κ2) is 6.97. The highest BCUT2D eigenvalue weighted by Crippen LogP contribution is 2.31. The second-order valence-electron chi connectivity index (χ2n) is 5.36. The Labute approximate surface area is 136 Å². The van der Waals surface area contributed by atoms with Crippen LogP contribution in [0.4, 0.5) is 0 Å². The van der Waals surface area contributed by atoms with E-state index in [1.54, 1.807) is 13.3 Å². The van der Waals surface area contributed by atoms with E-state index in [4.69, 9.17) is 9.47 Å². The summed E-state index contributed by atoms with van der Waals surface area (Å²) in [5.41, 5.74) is 4.51. The summed E-state index contributed by atoms with van der Waals surface area (Å²) in [7, 11) is 1.69. The highest BCUT2D eigenvalue weighted by Gasteiger charge is 2.08. The Kier molecular flexibility index (Phi) is 4.57. The molecule has 0 saturated carbocycles. The van der Waals surface area contributed by atoms with Gasteiger partial charge in [0.1, 0.15) is 12.4 Å². The fourth-order valence-corrected chi connectivity index (χ4v) is 2.47. The summed E-state index contributed by atoms with van der Waals surface area (Å²) in [6.07, 6.45) is 1.72. The van der Waals surface area contributed by atoms with Gasteiger partial charge in [-0.1, -0.05) is 42.0 Å². The Morgan fingerprint density at radius 1 is 0.957 bits per heavy atom. The number of pyridine rings is 1. The summed E-state index contributed by atoms with van der Waals surface area (Å²) in [6, 6.07) is 20.1. The summed E-state index contributed by atoms with van der Waals surface area (Å²) in [5, 5.41) is 0. The van der Waals surface area contributed by atoms with Crippen LogP contribution in [0, 0.1) is 6.92 Å². The van der Waals surface area contributed by atoms with Gasteiger partial charge in [0.15, 0.2) is 0 Å². The van der Waals surface area contributed by atoms with Crippen LogP contribution >= 0.6 is 0 Å². The third kappa shape index (κ3) is 3.69. The van der Waals surface area contributed by atoms with Crippen molar-refractivity contribution in [3.8, 4) is 22.8 Å². The predicted octanol–water partition coefficient (Wildman–Crippen LogP) is 4.64. The lowest BCUT2D eigenvalue weighted by Crippen LogP contribution is -1.98. The molecular formula is C20H19NO2. The molecule has 0 bridgehead atoms. The molecule has 3 aromatic rings. The molecule has 0 unspecified atom stereocenters. The SMILES string of the molecule is COc1ccc(COc2ccccn2)cc1-c1cccc(C)c1. The van der Waals surface area contributed by atoms with Crippen LogP contribution in [-0.4, -0.2) is 12.1 Å². The molecule has 0 radical (unpaired) electrons. The third-order valence-electron chi connectivity index (χ3n) is 3.62. The smallest absolute Gasteiger partial charge is 0.213 e. The molecule has 3 rings (SSSR count). The Morgan fingerprint density at radius 2 is 1.87 bits per heavy atom. The van der Waals surface area contributed by atoms with Gasteiger partial charge in [0.05, 0.1) is 7.11 Å². The van der Waals surface area contributed by atoms with E-state index in [9.17, 15) is 0 Å². The molecule has 0 N–H and O–H groups in total. The van der Waals surface area contributed by atoms with Crippen LogP contribution in [0.5, 0.6) is 11.6 Å². The third-order valence-corrected chi connectivity index (χ3v) is 3.62. The van der Waals surface area contributed by atoms with Gasteiger partial charge in [0, 0.05) is 17.8 Å². The van der Waals surface area contributed by atoms with Gasteiger partial charge in [-0.05, 0) is 36.2 Å². The maximum Gasteiger partial charge on any atom is 0.213 e. The van der Waals surface area contributed by atoms with Gasteiger partial charge in [0.2, 0.25) is 5.88 Å². The molecule has 0 aliphatic carbocycles. The summed E-state index contributed by atoms with van der Waals surface area (Å²) in [5.74, 6) is 1.48. The molecule has 0 spiro atoms. The number of hydrogen-bond donors (Lipinski definition) is 0. The number of nitrogens with zero attached hydrogens (tertiary/aromatic N) is 1. The van der Waals surface area contributed by atoms with Crippen LogP contribution in [0.1, 0.15) is 11.1 Å². The largest absolute Gasteiger partial charge is 0.496 e. The van der Waals surface area contributed by atoms with Gasteiger partial charge in [-0.25, -0.2) is 4.98 Å². The first-order valence-electron chi connectivity index (χ1n) is 7.54. The first kappa shape index (κ1) is 15.1. The maximum absolute atomic E-state index is 5.73. The van der Waals surface area contributed by atoms with Crippen LogP contribution < -0.4 is 9.47 Å². The zero-order chi connectivity index (χ0) is 16.1. The van der Waals surface area contributed by atoms with Gasteiger partial charge >= 0.3 is 0 Å². The summed E-state index contributed by atoms with van der Waals surface area (Å²) in [6.45, 7) is 2.56. The van der Waals surface area contributed by atoms with Crippen molar-refractivity contribution in [3.05, 3.63) is 78.0 Å². The van der Waals surface area contributed by atoms with Crippen LogP contribution in [0.15, 0.2) is 66.9 Å². The van der Waals surface area contributed by atoms with Crippen molar-refractivity contribution in [2.24, 2.45) is 0 Å². The number of ether oxygens (including phenoxy) is 2. The van der Waals surface area contributed by atoms with Gasteiger partial charge in [-0.2, -0.15) is 0 Å². The zero-order valence-electron chi connectivity index (χ0n) is 13.3. The molecule has 2 aromatic carbocycles. The molecule has 0 saturated heterocycles. The van der Waals surface area contributed by atoms with Crippen molar-refractivity contribution < 1.29 is 9.47 Å². The Morgan fingerprint density at radius 3 is 2.61 bits per heavy atom. The topological polar surface area (TPSA) is 31.4 Å². The first-order chi connectivity index (χ1) is 11.3. The summed E-state index contributed by atoms with van der Waals surface area (Å²) >= 11 is 0. The van der Waals surface area contributed by atoms with Gasteiger partial charge in [0.25, 0.3) is 0 Å². The van der Waals surface area contributed by atoms with Crippen molar-refractivity contribution in [2.75, 3.05) is 7.11 Å². The predicted molar refractivity (Wildman–Crippen MR) is 91.7 cm³/mol. The molecule has 23 heavy (non-hydrogen) atoms. The van der Waals surface area contributed by atoms with Crippen LogP contribution in [0.25, 0.3) is 11.1 Å². The fraction of sp³-hybridized carbons (Fsp3) is 0.150. The van der Waals surface area contributed by atoms with E-state index in [1.807, 2.05) is 30.3 Å². The standard InChI is InChI=1S/C20H19NO2/c1-15-6-5-7-17(12-15)18-13-16(9-10-19(18)22-2)14-23-20-8-3-4-11-21-20/h3-13H,14H2,1-2H3. The molecule has 0 fully saturated rings. The van der Waals surface area contributed by atoms with Crippen molar-refractivity contribution in [2.45, 2.75) is 13.5 Å². The van der Waals surface area contributed by atoms with Crippen molar-refractivity contribution >= 4 is 0 Å². The number of hydrogen-bond acceptors (Lipinski definition) is 3. The Bertz CT molecular complexity index is 785. The molecular weight excluding hydrogens is 286 g/mol. The summed E-state index contributed by atoms with van der Waals surface area (Å²) < 4.78 is 11.2. The molecule has 1 heterocycles. The number of methoxy groups -OCH3 is 1. The van der Waals surface area contributed by atoms with E-state index in [2.05, 4.69) is 42.2 Å². The number of aromatic nitrogens is 1. The minimum atomic E-state index is 0.472. The Balaban J connectivity index is 1.87. The minimum absolute atomic E-state index is 0.472. The van der Waals surface area contributed by atoms with Gasteiger partial charge in [-0.3, -0.25) is 0 Å². The monoisotopic (exact) mass is 305 g/mol. The fourth-order valence-electron chi connectivity index (χ4n) is 2.47. The van der Waals surface area contributed by atoms with E-state index in [-0.39, 0.29) is 0 Å². The molecule has 0 amide bonds. The Hall–Kier alpha value is -2.81. The number of aryl methyl sites for hydroxylation is 1. The first-order valence-corrected chi connectivity index (χ1v) is 7.54. The van der Waals surface area contributed by atoms with E-state index in [0.717, 1.165) is 22.4 Å². The highest BCUT2D eigenvalue weighted by atomic mass is 16.5. The van der Waals surface area contributed by atoms with Crippen LogP contribution in [0.2, 0.25) is 0 Å². The molecule has 0 atom stereocenters. The lowest BCUT2D eigenvalue weighted by molar-refractivity contribution is 0.294. The average molecular weight is 305 g/mol. The number of rotatable bonds is 5. The number of benzene rings is 2. The molecule has 0 aliphatic heterocycles. The second-order valence-corrected chi connectivity index (χ2v) is 5.36. The highest BCUT2D eigenvalue weighted by molar-refractivity contribution is 5.71. The van der Waals surface area contributed by atoms with Crippen LogP contribution in [0.3, 0.4) is 0 Å². The van der Waals surface area contributed by atoms with Crippen molar-refractivity contribution in [1.29, 1.82) is 0 Å².